The van der Waals surface area contributed by atoms with Crippen molar-refractivity contribution in [2.45, 2.75) is 20.4 Å². The largest absolute Gasteiger partial charge is 0.462 e. The smallest absolute Gasteiger partial charge is 0.341 e. The molecule has 0 amide bonds. The minimum atomic E-state index is -0.363. The molecule has 0 unspecified atom stereocenters. The summed E-state index contributed by atoms with van der Waals surface area (Å²) in [6.45, 7) is 4.59. The number of halogens is 1. The van der Waals surface area contributed by atoms with E-state index in [0.29, 0.717) is 18.7 Å². The Hall–Kier alpha value is -2.18. The summed E-state index contributed by atoms with van der Waals surface area (Å²) in [5.41, 5.74) is 3.35. The molecule has 5 nitrogen and oxygen atoms in total. The van der Waals surface area contributed by atoms with E-state index in [9.17, 15) is 4.79 Å². The van der Waals surface area contributed by atoms with Crippen LogP contribution in [0, 0.1) is 6.92 Å². The molecule has 24 heavy (non-hydrogen) atoms. The van der Waals surface area contributed by atoms with Crippen molar-refractivity contribution in [3.63, 3.8) is 0 Å². The quantitative estimate of drug-likeness (QED) is 0.639. The highest BCUT2D eigenvalue weighted by molar-refractivity contribution is 7.09. The third-order valence-corrected chi connectivity index (χ3v) is 4.70. The third kappa shape index (κ3) is 3.66. The van der Waals surface area contributed by atoms with E-state index in [2.05, 4.69) is 10.1 Å². The Morgan fingerprint density at radius 3 is 3.00 bits per heavy atom. The number of carbonyl (C=O) groups excluding carboxylic acids is 1. The molecule has 0 aliphatic heterocycles. The molecule has 2 aromatic heterocycles. The number of hydrogen-bond donors (Lipinski definition) is 0. The molecule has 124 valence electrons. The van der Waals surface area contributed by atoms with Crippen molar-refractivity contribution in [3.8, 4) is 11.3 Å². The second kappa shape index (κ2) is 7.15. The lowest BCUT2D eigenvalue weighted by Gasteiger charge is -2.01. The molecular weight excluding hydrogens is 346 g/mol. The summed E-state index contributed by atoms with van der Waals surface area (Å²) in [4.78, 5) is 16.3. The normalized spacial score (nSPS) is 10.8. The van der Waals surface area contributed by atoms with E-state index in [1.54, 1.807) is 29.1 Å². The van der Waals surface area contributed by atoms with Crippen LogP contribution in [0.1, 0.15) is 27.9 Å². The molecule has 0 saturated heterocycles. The monoisotopic (exact) mass is 361 g/mol. The van der Waals surface area contributed by atoms with Crippen molar-refractivity contribution in [3.05, 3.63) is 57.1 Å². The second-order valence-corrected chi connectivity index (χ2v) is 6.59. The Kier molecular flexibility index (Phi) is 4.97. The fourth-order valence-electron chi connectivity index (χ4n) is 2.18. The van der Waals surface area contributed by atoms with Crippen molar-refractivity contribution >= 4 is 28.9 Å². The van der Waals surface area contributed by atoms with Crippen LogP contribution in [0.2, 0.25) is 5.02 Å². The number of aromatic nitrogens is 3. The fourth-order valence-corrected chi connectivity index (χ4v) is 3.15. The van der Waals surface area contributed by atoms with Crippen molar-refractivity contribution in [2.75, 3.05) is 6.61 Å². The van der Waals surface area contributed by atoms with Crippen LogP contribution < -0.4 is 0 Å². The highest BCUT2D eigenvalue weighted by Gasteiger charge is 2.11. The van der Waals surface area contributed by atoms with Gasteiger partial charge in [-0.25, -0.2) is 9.78 Å². The van der Waals surface area contributed by atoms with Crippen LogP contribution in [0.5, 0.6) is 0 Å². The van der Waals surface area contributed by atoms with E-state index in [1.807, 2.05) is 30.5 Å². The van der Waals surface area contributed by atoms with Gasteiger partial charge in [0.2, 0.25) is 0 Å². The van der Waals surface area contributed by atoms with Crippen molar-refractivity contribution in [2.24, 2.45) is 0 Å². The molecule has 7 heteroatoms. The Balaban J connectivity index is 1.74. The fraction of sp³-hybridized carbons (Fsp3) is 0.235. The highest BCUT2D eigenvalue weighted by Crippen LogP contribution is 2.26. The first-order chi connectivity index (χ1) is 11.6. The number of nitrogens with zero attached hydrogens (tertiary/aromatic N) is 3. The van der Waals surface area contributed by atoms with Gasteiger partial charge in [-0.2, -0.15) is 5.10 Å². The summed E-state index contributed by atoms with van der Waals surface area (Å²) in [7, 11) is 0. The van der Waals surface area contributed by atoms with Gasteiger partial charge in [0.05, 0.1) is 30.6 Å². The van der Waals surface area contributed by atoms with Crippen molar-refractivity contribution in [1.82, 2.24) is 14.8 Å². The van der Waals surface area contributed by atoms with E-state index in [4.69, 9.17) is 16.3 Å². The Labute approximate surface area is 148 Å². The first kappa shape index (κ1) is 16.7. The lowest BCUT2D eigenvalue weighted by atomic mass is 10.1. The summed E-state index contributed by atoms with van der Waals surface area (Å²) in [5, 5.41) is 7.81. The van der Waals surface area contributed by atoms with Gasteiger partial charge in [0.25, 0.3) is 0 Å². The number of rotatable bonds is 5. The van der Waals surface area contributed by atoms with Gasteiger partial charge in [-0.15, -0.1) is 11.3 Å². The number of aryl methyl sites for hydroxylation is 1. The Bertz CT molecular complexity index is 872. The topological polar surface area (TPSA) is 57.0 Å². The SMILES string of the molecule is CCOC(=O)c1cnn(Cc2nc(-c3ccc(C)c(Cl)c3)cs2)c1. The lowest BCUT2D eigenvalue weighted by molar-refractivity contribution is 0.0526. The average molecular weight is 362 g/mol. The first-order valence-electron chi connectivity index (χ1n) is 7.47. The molecule has 1 aromatic carbocycles. The van der Waals surface area contributed by atoms with Gasteiger partial charge < -0.3 is 4.74 Å². The molecule has 0 bridgehead atoms. The predicted molar refractivity (Wildman–Crippen MR) is 94.6 cm³/mol. The molecule has 0 saturated carbocycles. The van der Waals surface area contributed by atoms with Crippen LogP contribution in [0.4, 0.5) is 0 Å². The number of hydrogen-bond acceptors (Lipinski definition) is 5. The molecule has 0 N–H and O–H groups in total. The molecule has 0 fully saturated rings. The molecule has 3 aromatic rings. The van der Waals surface area contributed by atoms with Gasteiger partial charge in [0.1, 0.15) is 5.01 Å². The number of ether oxygens (including phenoxy) is 1. The number of carbonyl (C=O) groups is 1. The third-order valence-electron chi connectivity index (χ3n) is 3.46. The average Bonchev–Trinajstić information content (AvgIpc) is 3.20. The molecule has 0 atom stereocenters. The Morgan fingerprint density at radius 1 is 1.42 bits per heavy atom. The standard InChI is InChI=1S/C17H16ClN3O2S/c1-3-23-17(22)13-7-19-21(8-13)9-16-20-15(10-24-16)12-5-4-11(2)14(18)6-12/h4-8,10H,3,9H2,1-2H3. The zero-order valence-corrected chi connectivity index (χ0v) is 14.9. The summed E-state index contributed by atoms with van der Waals surface area (Å²) >= 11 is 7.72. The zero-order valence-electron chi connectivity index (χ0n) is 13.3. The molecule has 0 aliphatic carbocycles. The summed E-state index contributed by atoms with van der Waals surface area (Å²) in [5.74, 6) is -0.363. The van der Waals surface area contributed by atoms with Gasteiger partial charge in [-0.05, 0) is 25.5 Å². The Morgan fingerprint density at radius 2 is 2.25 bits per heavy atom. The lowest BCUT2D eigenvalue weighted by Crippen LogP contribution is -2.04. The molecule has 0 spiro atoms. The van der Waals surface area contributed by atoms with Crippen LogP contribution in [0.15, 0.2) is 36.0 Å². The minimum absolute atomic E-state index is 0.346. The molecular formula is C17H16ClN3O2S. The number of esters is 1. The molecule has 3 rings (SSSR count). The van der Waals surface area contributed by atoms with Crippen molar-refractivity contribution < 1.29 is 9.53 Å². The van der Waals surface area contributed by atoms with Crippen LogP contribution in [-0.2, 0) is 11.3 Å². The maximum atomic E-state index is 11.7. The molecule has 0 radical (unpaired) electrons. The minimum Gasteiger partial charge on any atom is -0.462 e. The van der Waals surface area contributed by atoms with E-state index >= 15 is 0 Å². The van der Waals surface area contributed by atoms with E-state index in [0.717, 1.165) is 26.9 Å². The van der Waals surface area contributed by atoms with Crippen molar-refractivity contribution in [1.29, 1.82) is 0 Å². The van der Waals surface area contributed by atoms with E-state index in [-0.39, 0.29) is 5.97 Å². The maximum Gasteiger partial charge on any atom is 0.341 e. The molecule has 2 heterocycles. The van der Waals surface area contributed by atoms with Crippen LogP contribution in [-0.4, -0.2) is 27.3 Å². The van der Waals surface area contributed by atoms with Gasteiger partial charge in [-0.1, -0.05) is 23.7 Å². The summed E-state index contributed by atoms with van der Waals surface area (Å²) in [6.07, 6.45) is 3.17. The summed E-state index contributed by atoms with van der Waals surface area (Å²) < 4.78 is 6.63. The number of benzene rings is 1. The van der Waals surface area contributed by atoms with E-state index in [1.165, 1.54) is 6.20 Å². The van der Waals surface area contributed by atoms with Gasteiger partial charge in [0.15, 0.2) is 0 Å². The van der Waals surface area contributed by atoms with Crippen LogP contribution >= 0.6 is 22.9 Å². The zero-order chi connectivity index (χ0) is 17.1. The highest BCUT2D eigenvalue weighted by atomic mass is 35.5. The van der Waals surface area contributed by atoms with E-state index < -0.39 is 0 Å². The van der Waals surface area contributed by atoms with Gasteiger partial charge in [-0.3, -0.25) is 4.68 Å². The van der Waals surface area contributed by atoms with Crippen LogP contribution in [0.25, 0.3) is 11.3 Å². The predicted octanol–water partition coefficient (Wildman–Crippen LogP) is 4.19. The number of thiazole rings is 1. The van der Waals surface area contributed by atoms with Gasteiger partial charge >= 0.3 is 5.97 Å². The summed E-state index contributed by atoms with van der Waals surface area (Å²) in [6, 6.07) is 5.91. The second-order valence-electron chi connectivity index (χ2n) is 5.24. The van der Waals surface area contributed by atoms with Crippen LogP contribution in [0.3, 0.4) is 0 Å². The van der Waals surface area contributed by atoms with Gasteiger partial charge in [0, 0.05) is 22.2 Å². The molecule has 0 aliphatic rings. The maximum absolute atomic E-state index is 11.7. The first-order valence-corrected chi connectivity index (χ1v) is 8.73.